The number of benzene rings is 2. The number of nitro groups is 1. The highest BCUT2D eigenvalue weighted by Crippen LogP contribution is 2.20. The second-order valence-electron chi connectivity index (χ2n) is 5.13. The van der Waals surface area contributed by atoms with Gasteiger partial charge in [-0.2, -0.15) is 0 Å². The summed E-state index contributed by atoms with van der Waals surface area (Å²) < 4.78 is 0. The van der Waals surface area contributed by atoms with Gasteiger partial charge >= 0.3 is 0 Å². The fourth-order valence-electron chi connectivity index (χ4n) is 2.12. The zero-order chi connectivity index (χ0) is 18.9. The summed E-state index contributed by atoms with van der Waals surface area (Å²) in [6.45, 7) is 0. The maximum Gasteiger partial charge on any atom is 0.276 e. The minimum absolute atomic E-state index is 0.125. The molecule has 0 atom stereocenters. The van der Waals surface area contributed by atoms with E-state index in [0.717, 1.165) is 5.56 Å². The van der Waals surface area contributed by atoms with Crippen LogP contribution < -0.4 is 0 Å². The SMILES string of the molecule is C1=NC(=C2N=CN=N2)N=N1.O=[N+]([O-])c1ccccc1C=Cc1ccccc1. The minimum Gasteiger partial charge on any atom is -0.258 e. The van der Waals surface area contributed by atoms with Gasteiger partial charge in [-0.25, -0.2) is 9.98 Å². The smallest absolute Gasteiger partial charge is 0.258 e. The third-order valence-electron chi connectivity index (χ3n) is 3.36. The van der Waals surface area contributed by atoms with Gasteiger partial charge in [0.1, 0.15) is 12.7 Å². The van der Waals surface area contributed by atoms with Crippen LogP contribution >= 0.6 is 0 Å². The Labute approximate surface area is 154 Å². The molecule has 0 saturated heterocycles. The lowest BCUT2D eigenvalue weighted by molar-refractivity contribution is -0.385. The standard InChI is InChI=1S/C14H11NO2.C4H2N6/c16-15(17)14-9-5-4-8-13(14)11-10-12-6-2-1-3-7-12;1-5-3(9-7-1)4-6-2-8-10-4/h1-11H;1-2H. The van der Waals surface area contributed by atoms with Gasteiger partial charge < -0.3 is 0 Å². The highest BCUT2D eigenvalue weighted by Gasteiger charge is 2.09. The predicted octanol–water partition coefficient (Wildman–Crippen LogP) is 4.87. The Hall–Kier alpha value is -4.14. The van der Waals surface area contributed by atoms with Crippen molar-refractivity contribution in [3.63, 3.8) is 0 Å². The summed E-state index contributed by atoms with van der Waals surface area (Å²) in [5.74, 6) is 0.829. The molecule has 0 spiro atoms. The van der Waals surface area contributed by atoms with Gasteiger partial charge in [-0.15, -0.1) is 20.5 Å². The lowest BCUT2D eigenvalue weighted by Gasteiger charge is -1.96. The second kappa shape index (κ2) is 8.81. The first-order valence-corrected chi connectivity index (χ1v) is 7.81. The highest BCUT2D eigenvalue weighted by atomic mass is 16.6. The summed E-state index contributed by atoms with van der Waals surface area (Å²) in [4.78, 5) is 18.0. The monoisotopic (exact) mass is 359 g/mol. The van der Waals surface area contributed by atoms with E-state index < -0.39 is 0 Å². The third-order valence-corrected chi connectivity index (χ3v) is 3.36. The van der Waals surface area contributed by atoms with Crippen LogP contribution in [0.2, 0.25) is 0 Å². The normalized spacial score (nSPS) is 16.7. The maximum atomic E-state index is 10.8. The van der Waals surface area contributed by atoms with Crippen LogP contribution in [0.3, 0.4) is 0 Å². The molecule has 4 rings (SSSR count). The lowest BCUT2D eigenvalue weighted by Crippen LogP contribution is -1.90. The number of para-hydroxylation sites is 1. The van der Waals surface area contributed by atoms with Crippen molar-refractivity contribution in [2.45, 2.75) is 0 Å². The zero-order valence-electron chi connectivity index (χ0n) is 14.0. The summed E-state index contributed by atoms with van der Waals surface area (Å²) >= 11 is 0. The number of nitro benzene ring substituents is 1. The Balaban J connectivity index is 0.000000177. The third kappa shape index (κ3) is 4.92. The number of nitrogens with zero attached hydrogens (tertiary/aromatic N) is 7. The first-order valence-electron chi connectivity index (χ1n) is 7.81. The van der Waals surface area contributed by atoms with Crippen LogP contribution in [0.25, 0.3) is 12.2 Å². The number of azo groups is 2. The van der Waals surface area contributed by atoms with Gasteiger partial charge in [0.2, 0.25) is 11.6 Å². The molecule has 0 aliphatic carbocycles. The van der Waals surface area contributed by atoms with Crippen molar-refractivity contribution < 1.29 is 4.92 Å². The molecule has 0 saturated carbocycles. The van der Waals surface area contributed by atoms with E-state index in [1.54, 1.807) is 24.3 Å². The van der Waals surface area contributed by atoms with E-state index in [1.165, 1.54) is 18.7 Å². The van der Waals surface area contributed by atoms with E-state index in [-0.39, 0.29) is 10.6 Å². The van der Waals surface area contributed by atoms with E-state index in [4.69, 9.17) is 0 Å². The fourth-order valence-corrected chi connectivity index (χ4v) is 2.12. The molecule has 0 aromatic heterocycles. The average molecular weight is 359 g/mol. The molecule has 0 N–H and O–H groups in total. The Bertz CT molecular complexity index is 947. The van der Waals surface area contributed by atoms with Gasteiger partial charge in [0, 0.05) is 6.07 Å². The molecule has 0 amide bonds. The first kappa shape index (κ1) is 17.7. The molecule has 2 heterocycles. The predicted molar refractivity (Wildman–Crippen MR) is 102 cm³/mol. The molecule has 27 heavy (non-hydrogen) atoms. The molecule has 2 aliphatic heterocycles. The number of aliphatic imine (C=N–C) groups is 2. The molecule has 132 valence electrons. The van der Waals surface area contributed by atoms with E-state index >= 15 is 0 Å². The van der Waals surface area contributed by atoms with Crippen molar-refractivity contribution in [1.29, 1.82) is 0 Å². The van der Waals surface area contributed by atoms with Gasteiger partial charge in [0.15, 0.2) is 0 Å². The van der Waals surface area contributed by atoms with Crippen LogP contribution in [0, 0.1) is 10.1 Å². The molecule has 0 bridgehead atoms. The maximum absolute atomic E-state index is 10.8. The molecule has 0 radical (unpaired) electrons. The molecular formula is C18H13N7O2. The molecule has 0 unspecified atom stereocenters. The first-order chi connectivity index (χ1) is 13.2. The Morgan fingerprint density at radius 3 is 1.93 bits per heavy atom. The van der Waals surface area contributed by atoms with Crippen molar-refractivity contribution in [3.8, 4) is 0 Å². The van der Waals surface area contributed by atoms with Crippen LogP contribution in [-0.2, 0) is 0 Å². The Morgan fingerprint density at radius 1 is 0.778 bits per heavy atom. The van der Waals surface area contributed by atoms with Gasteiger partial charge in [-0.05, 0) is 17.7 Å². The topological polar surface area (TPSA) is 117 Å². The number of hydrogen-bond acceptors (Lipinski definition) is 8. The summed E-state index contributed by atoms with van der Waals surface area (Å²) in [6.07, 6.45) is 6.30. The average Bonchev–Trinajstić information content (AvgIpc) is 3.41. The van der Waals surface area contributed by atoms with Gasteiger partial charge in [-0.3, -0.25) is 10.1 Å². The van der Waals surface area contributed by atoms with Gasteiger partial charge in [0.25, 0.3) is 5.69 Å². The quantitative estimate of drug-likeness (QED) is 0.442. The fraction of sp³-hybridized carbons (Fsp3) is 0. The lowest BCUT2D eigenvalue weighted by atomic mass is 10.1. The van der Waals surface area contributed by atoms with Gasteiger partial charge in [0.05, 0.1) is 10.5 Å². The van der Waals surface area contributed by atoms with Crippen molar-refractivity contribution in [3.05, 3.63) is 87.5 Å². The largest absolute Gasteiger partial charge is 0.276 e. The Morgan fingerprint density at radius 2 is 1.37 bits per heavy atom. The molecule has 9 nitrogen and oxygen atoms in total. The van der Waals surface area contributed by atoms with Crippen LogP contribution in [0.1, 0.15) is 11.1 Å². The van der Waals surface area contributed by atoms with Crippen molar-refractivity contribution in [2.24, 2.45) is 30.4 Å². The van der Waals surface area contributed by atoms with Crippen LogP contribution in [0.4, 0.5) is 5.69 Å². The number of hydrogen-bond donors (Lipinski definition) is 0. The van der Waals surface area contributed by atoms with Crippen molar-refractivity contribution in [2.75, 3.05) is 0 Å². The van der Waals surface area contributed by atoms with E-state index in [1.807, 2.05) is 36.4 Å². The van der Waals surface area contributed by atoms with Gasteiger partial charge in [-0.1, -0.05) is 48.5 Å². The number of rotatable bonds is 3. The summed E-state index contributed by atoms with van der Waals surface area (Å²) in [6, 6.07) is 16.4. The molecular weight excluding hydrogens is 346 g/mol. The van der Waals surface area contributed by atoms with Crippen molar-refractivity contribution in [1.82, 2.24) is 0 Å². The van der Waals surface area contributed by atoms with E-state index in [0.29, 0.717) is 17.2 Å². The summed E-state index contributed by atoms with van der Waals surface area (Å²) in [5.41, 5.74) is 1.76. The highest BCUT2D eigenvalue weighted by molar-refractivity contribution is 5.73. The van der Waals surface area contributed by atoms with Crippen molar-refractivity contribution >= 4 is 30.5 Å². The molecule has 9 heteroatoms. The molecule has 2 aliphatic rings. The van der Waals surface area contributed by atoms with E-state index in [9.17, 15) is 10.1 Å². The van der Waals surface area contributed by atoms with E-state index in [2.05, 4.69) is 30.4 Å². The second-order valence-corrected chi connectivity index (χ2v) is 5.13. The van der Waals surface area contributed by atoms with Crippen LogP contribution in [0.5, 0.6) is 0 Å². The zero-order valence-corrected chi connectivity index (χ0v) is 14.0. The summed E-state index contributed by atoms with van der Waals surface area (Å²) in [5, 5.41) is 25.1. The summed E-state index contributed by atoms with van der Waals surface area (Å²) in [7, 11) is 0. The molecule has 2 aromatic rings. The Kier molecular flexibility index (Phi) is 5.77. The van der Waals surface area contributed by atoms with Crippen LogP contribution in [0.15, 0.2) is 96.7 Å². The van der Waals surface area contributed by atoms with Crippen LogP contribution in [-0.4, -0.2) is 17.6 Å². The molecule has 2 aromatic carbocycles. The minimum atomic E-state index is -0.370. The molecule has 0 fully saturated rings.